The number of halogens is 2. The Morgan fingerprint density at radius 3 is 2.47 bits per heavy atom. The summed E-state index contributed by atoms with van der Waals surface area (Å²) in [6.45, 7) is 3.05. The molecule has 3 rings (SSSR count). The number of anilines is 3. The highest BCUT2D eigenvalue weighted by atomic mass is 19.2. The Morgan fingerprint density at radius 2 is 1.83 bits per heavy atom. The largest absolute Gasteiger partial charge is 0.397 e. The molecule has 8 nitrogen and oxygen atoms in total. The minimum atomic E-state index is -1.20. The molecule has 30 heavy (non-hydrogen) atoms. The van der Waals surface area contributed by atoms with Gasteiger partial charge in [-0.25, -0.2) is 24.0 Å². The van der Waals surface area contributed by atoms with Gasteiger partial charge in [0.2, 0.25) is 0 Å². The Morgan fingerprint density at radius 1 is 1.17 bits per heavy atom. The highest BCUT2D eigenvalue weighted by molar-refractivity contribution is 5.74. The van der Waals surface area contributed by atoms with Gasteiger partial charge in [-0.05, 0) is 25.5 Å². The van der Waals surface area contributed by atoms with Crippen molar-refractivity contribution in [3.63, 3.8) is 0 Å². The molecule has 0 aliphatic carbocycles. The average Bonchev–Trinajstić information content (AvgIpc) is 2.68. The van der Waals surface area contributed by atoms with Gasteiger partial charge in [0, 0.05) is 18.3 Å². The van der Waals surface area contributed by atoms with Crippen molar-refractivity contribution in [1.82, 2.24) is 14.1 Å². The predicted octanol–water partition coefficient (Wildman–Crippen LogP) is 1.52. The Bertz CT molecular complexity index is 1310. The van der Waals surface area contributed by atoms with E-state index < -0.39 is 22.9 Å². The lowest BCUT2D eigenvalue weighted by atomic mass is 10.2. The number of nitrogens with zero attached hydrogens (tertiary/aromatic N) is 4. The second-order valence-electron chi connectivity index (χ2n) is 6.56. The molecule has 0 radical (unpaired) electrons. The van der Waals surface area contributed by atoms with Crippen molar-refractivity contribution in [3.05, 3.63) is 74.3 Å². The van der Waals surface area contributed by atoms with Crippen LogP contribution in [-0.2, 0) is 6.54 Å². The zero-order valence-electron chi connectivity index (χ0n) is 16.2. The molecule has 0 saturated carbocycles. The Balaban J connectivity index is 2.38. The van der Waals surface area contributed by atoms with Gasteiger partial charge in [-0.15, -0.1) is 6.42 Å². The normalized spacial score (nSPS) is 10.7. The number of hydrogen-bond donors (Lipinski definition) is 2. The summed E-state index contributed by atoms with van der Waals surface area (Å²) in [6.07, 6.45) is 8.27. The number of pyridine rings is 1. The fourth-order valence-corrected chi connectivity index (χ4v) is 3.06. The lowest BCUT2D eigenvalue weighted by Gasteiger charge is -2.24. The van der Waals surface area contributed by atoms with Crippen molar-refractivity contribution >= 4 is 17.1 Å². The number of hydrazine groups is 1. The number of hydrogen-bond acceptors (Lipinski definition) is 6. The maximum absolute atomic E-state index is 13.8. The molecule has 0 atom stereocenters. The van der Waals surface area contributed by atoms with Gasteiger partial charge in [0.25, 0.3) is 5.56 Å². The molecule has 4 N–H and O–H groups in total. The van der Waals surface area contributed by atoms with E-state index in [0.717, 1.165) is 26.3 Å². The molecule has 0 amide bonds. The van der Waals surface area contributed by atoms with Gasteiger partial charge in [0.05, 0.1) is 35.5 Å². The summed E-state index contributed by atoms with van der Waals surface area (Å²) in [5.41, 5.74) is 4.77. The first kappa shape index (κ1) is 20.8. The van der Waals surface area contributed by atoms with E-state index >= 15 is 0 Å². The first-order chi connectivity index (χ1) is 14.2. The second-order valence-corrected chi connectivity index (χ2v) is 6.56. The van der Waals surface area contributed by atoms with E-state index in [1.165, 1.54) is 13.1 Å². The molecule has 0 fully saturated rings. The van der Waals surface area contributed by atoms with Crippen molar-refractivity contribution in [2.75, 3.05) is 10.7 Å². The van der Waals surface area contributed by atoms with Crippen molar-refractivity contribution < 1.29 is 8.78 Å². The molecule has 0 unspecified atom stereocenters. The van der Waals surface area contributed by atoms with Crippen molar-refractivity contribution in [3.8, 4) is 18.0 Å². The van der Waals surface area contributed by atoms with Gasteiger partial charge in [-0.1, -0.05) is 5.92 Å². The van der Waals surface area contributed by atoms with E-state index in [0.29, 0.717) is 5.56 Å². The third-order valence-corrected chi connectivity index (χ3v) is 4.51. The molecule has 2 aromatic heterocycles. The highest BCUT2D eigenvalue weighted by Crippen LogP contribution is 2.29. The molecule has 0 spiro atoms. The molecule has 0 saturated heterocycles. The van der Waals surface area contributed by atoms with Gasteiger partial charge in [-0.2, -0.15) is 0 Å². The van der Waals surface area contributed by atoms with Crippen molar-refractivity contribution in [2.24, 2.45) is 5.84 Å². The zero-order chi connectivity index (χ0) is 22.2. The Kier molecular flexibility index (Phi) is 5.40. The standard InChI is InChI=1S/C20H18F2N6O2/c1-4-5-26-12(3)18(28(24)17-8-15(22)14(21)7-16(17)23)19(29)27(20(26)30)13-6-11(2)9-25-10-13/h1,6-10H,5,23-24H2,2-3H3. The van der Waals surface area contributed by atoms with E-state index in [9.17, 15) is 18.4 Å². The summed E-state index contributed by atoms with van der Waals surface area (Å²) in [5, 5.41) is 0.807. The number of nitrogen functional groups attached to an aromatic ring is 1. The number of terminal acetylenes is 1. The number of rotatable bonds is 4. The van der Waals surface area contributed by atoms with Gasteiger partial charge in [0.1, 0.15) is 5.69 Å². The maximum atomic E-state index is 13.8. The van der Waals surface area contributed by atoms with Crippen LogP contribution < -0.4 is 27.8 Å². The van der Waals surface area contributed by atoms with Crippen LogP contribution in [0.4, 0.5) is 25.8 Å². The smallest absolute Gasteiger partial charge is 0.336 e. The molecule has 0 aliphatic heterocycles. The second kappa shape index (κ2) is 7.81. The van der Waals surface area contributed by atoms with E-state index in [2.05, 4.69) is 10.9 Å². The van der Waals surface area contributed by atoms with Crippen LogP contribution in [0.3, 0.4) is 0 Å². The van der Waals surface area contributed by atoms with Crippen LogP contribution in [0.15, 0.2) is 40.2 Å². The maximum Gasteiger partial charge on any atom is 0.336 e. The number of aromatic nitrogens is 3. The average molecular weight is 412 g/mol. The molecule has 3 aromatic rings. The molecular formula is C20H18F2N6O2. The number of nitrogens with two attached hydrogens (primary N) is 2. The summed E-state index contributed by atoms with van der Waals surface area (Å²) in [4.78, 5) is 30.3. The fraction of sp³-hybridized carbons (Fsp3) is 0.150. The van der Waals surface area contributed by atoms with Gasteiger partial charge in [-0.3, -0.25) is 19.4 Å². The third-order valence-electron chi connectivity index (χ3n) is 4.51. The summed E-state index contributed by atoms with van der Waals surface area (Å²) >= 11 is 0. The SMILES string of the molecule is C#CCn1c(C)c(N(N)c2cc(F)c(F)cc2N)c(=O)n(-c2cncc(C)c2)c1=O. The molecule has 0 bridgehead atoms. The van der Waals surface area contributed by atoms with Crippen LogP contribution in [0.2, 0.25) is 0 Å². The van der Waals surface area contributed by atoms with E-state index in [-0.39, 0.29) is 35.0 Å². The van der Waals surface area contributed by atoms with E-state index in [1.807, 2.05) is 0 Å². The first-order valence-corrected chi connectivity index (χ1v) is 8.68. The predicted molar refractivity (Wildman–Crippen MR) is 109 cm³/mol. The van der Waals surface area contributed by atoms with Gasteiger partial charge in [0.15, 0.2) is 11.6 Å². The fourth-order valence-electron chi connectivity index (χ4n) is 3.06. The summed E-state index contributed by atoms with van der Waals surface area (Å²) in [7, 11) is 0. The Labute approximate surface area is 170 Å². The monoisotopic (exact) mass is 412 g/mol. The van der Waals surface area contributed by atoms with Crippen LogP contribution in [0.1, 0.15) is 11.3 Å². The number of aryl methyl sites for hydroxylation is 1. The van der Waals surface area contributed by atoms with Crippen molar-refractivity contribution in [1.29, 1.82) is 0 Å². The highest BCUT2D eigenvalue weighted by Gasteiger charge is 2.23. The van der Waals surface area contributed by atoms with E-state index in [4.69, 9.17) is 18.0 Å². The lowest BCUT2D eigenvalue weighted by Crippen LogP contribution is -2.44. The van der Waals surface area contributed by atoms with E-state index in [1.54, 1.807) is 19.2 Å². The van der Waals surface area contributed by atoms with Crippen LogP contribution in [-0.4, -0.2) is 14.1 Å². The minimum Gasteiger partial charge on any atom is -0.397 e. The quantitative estimate of drug-likeness (QED) is 0.291. The van der Waals surface area contributed by atoms with Gasteiger partial charge >= 0.3 is 5.69 Å². The zero-order valence-corrected chi connectivity index (χ0v) is 16.2. The lowest BCUT2D eigenvalue weighted by molar-refractivity contribution is 0.509. The molecule has 10 heteroatoms. The molecule has 1 aromatic carbocycles. The summed E-state index contributed by atoms with van der Waals surface area (Å²) in [5.74, 6) is 6.08. The van der Waals surface area contributed by atoms with Crippen molar-refractivity contribution in [2.45, 2.75) is 20.4 Å². The van der Waals surface area contributed by atoms with Gasteiger partial charge < -0.3 is 5.73 Å². The molecule has 154 valence electrons. The first-order valence-electron chi connectivity index (χ1n) is 8.68. The summed E-state index contributed by atoms with van der Waals surface area (Å²) < 4.78 is 29.3. The number of benzene rings is 1. The summed E-state index contributed by atoms with van der Waals surface area (Å²) in [6, 6.07) is 3.10. The third kappa shape index (κ3) is 3.42. The van der Waals surface area contributed by atoms with Crippen LogP contribution in [0, 0.1) is 37.8 Å². The molecule has 0 aliphatic rings. The minimum absolute atomic E-state index is 0.131. The van der Waals surface area contributed by atoms with Crippen LogP contribution >= 0.6 is 0 Å². The topological polar surface area (TPSA) is 112 Å². The Hall–Kier alpha value is -3.97. The van der Waals surface area contributed by atoms with Crippen LogP contribution in [0.25, 0.3) is 5.69 Å². The molecule has 2 heterocycles. The molecular weight excluding hydrogens is 394 g/mol. The van der Waals surface area contributed by atoms with Crippen LogP contribution in [0.5, 0.6) is 0 Å².